The minimum absolute atomic E-state index is 0.347. The van der Waals surface area contributed by atoms with E-state index in [-0.39, 0.29) is 0 Å². The Morgan fingerprint density at radius 3 is 2.57 bits per heavy atom. The average Bonchev–Trinajstić information content (AvgIpc) is 3.04. The summed E-state index contributed by atoms with van der Waals surface area (Å²) in [5.41, 5.74) is 2.82. The molecule has 5 heteroatoms. The van der Waals surface area contributed by atoms with Crippen LogP contribution in [0, 0.1) is 5.92 Å². The summed E-state index contributed by atoms with van der Waals surface area (Å²) in [6.07, 6.45) is 2.03. The van der Waals surface area contributed by atoms with Crippen molar-refractivity contribution in [3.63, 3.8) is 0 Å². The second-order valence-electron chi connectivity index (χ2n) is 6.04. The zero-order valence-corrected chi connectivity index (χ0v) is 12.6. The van der Waals surface area contributed by atoms with Crippen molar-refractivity contribution < 1.29 is 4.42 Å². The molecule has 112 valence electrons. The first-order valence-corrected chi connectivity index (χ1v) is 7.57. The van der Waals surface area contributed by atoms with Gasteiger partial charge >= 0.3 is 6.01 Å². The van der Waals surface area contributed by atoms with Crippen LogP contribution in [-0.4, -0.2) is 22.8 Å². The molecule has 1 aliphatic carbocycles. The summed E-state index contributed by atoms with van der Waals surface area (Å²) in [7, 11) is 0. The van der Waals surface area contributed by atoms with Crippen molar-refractivity contribution in [2.75, 3.05) is 11.9 Å². The van der Waals surface area contributed by atoms with Gasteiger partial charge in [0.15, 0.2) is 0 Å². The molecule has 0 amide bonds. The molecule has 5 nitrogen and oxygen atoms in total. The zero-order valence-electron chi connectivity index (χ0n) is 12.6. The molecule has 21 heavy (non-hydrogen) atoms. The van der Waals surface area contributed by atoms with E-state index in [1.165, 1.54) is 11.1 Å². The Morgan fingerprint density at radius 1 is 1.19 bits per heavy atom. The Labute approximate surface area is 125 Å². The molecule has 1 aliphatic rings. The number of nitrogens with one attached hydrogen (secondary N) is 2. The van der Waals surface area contributed by atoms with Gasteiger partial charge in [0, 0.05) is 6.04 Å². The Morgan fingerprint density at radius 2 is 1.90 bits per heavy atom. The van der Waals surface area contributed by atoms with Gasteiger partial charge in [-0.3, -0.25) is 0 Å². The summed E-state index contributed by atoms with van der Waals surface area (Å²) in [4.78, 5) is 0. The predicted molar refractivity (Wildman–Crippen MR) is 82.1 cm³/mol. The van der Waals surface area contributed by atoms with Crippen LogP contribution in [-0.2, 0) is 19.4 Å². The Bertz CT molecular complexity index is 568. The van der Waals surface area contributed by atoms with Gasteiger partial charge in [0.05, 0.1) is 6.54 Å². The van der Waals surface area contributed by atoms with Gasteiger partial charge in [0.1, 0.15) is 0 Å². The van der Waals surface area contributed by atoms with Crippen LogP contribution < -0.4 is 10.6 Å². The Kier molecular flexibility index (Phi) is 4.20. The molecular weight excluding hydrogens is 264 g/mol. The molecule has 1 aromatic carbocycles. The van der Waals surface area contributed by atoms with Gasteiger partial charge in [-0.05, 0) is 36.4 Å². The van der Waals surface area contributed by atoms with Crippen LogP contribution in [0.4, 0.5) is 6.01 Å². The number of anilines is 1. The molecule has 2 N–H and O–H groups in total. The third kappa shape index (κ3) is 3.61. The van der Waals surface area contributed by atoms with E-state index in [2.05, 4.69) is 58.9 Å². The standard InChI is InChI=1S/C16H22N4O/c1-11(2)9-17-10-15-19-20-16(21-15)18-14-7-12-5-3-4-6-13(12)8-14/h3-6,11,14,17H,7-10H2,1-2H3,(H,18,20). The second-order valence-corrected chi connectivity index (χ2v) is 6.04. The second kappa shape index (κ2) is 6.26. The lowest BCUT2D eigenvalue weighted by molar-refractivity contribution is 0.456. The van der Waals surface area contributed by atoms with Gasteiger partial charge in [-0.2, -0.15) is 0 Å². The van der Waals surface area contributed by atoms with Crippen molar-refractivity contribution >= 4 is 6.01 Å². The van der Waals surface area contributed by atoms with Gasteiger partial charge < -0.3 is 15.1 Å². The van der Waals surface area contributed by atoms with Gasteiger partial charge in [0.25, 0.3) is 0 Å². The average molecular weight is 286 g/mol. The maximum atomic E-state index is 5.63. The third-order valence-electron chi connectivity index (χ3n) is 3.67. The highest BCUT2D eigenvalue weighted by molar-refractivity contribution is 5.37. The molecule has 0 saturated heterocycles. The molecule has 1 aromatic heterocycles. The first-order chi connectivity index (χ1) is 10.2. The first-order valence-electron chi connectivity index (χ1n) is 7.57. The molecule has 0 saturated carbocycles. The topological polar surface area (TPSA) is 63.0 Å². The molecular formula is C16H22N4O. The number of hydrogen-bond donors (Lipinski definition) is 2. The van der Waals surface area contributed by atoms with Crippen LogP contribution in [0.5, 0.6) is 0 Å². The lowest BCUT2D eigenvalue weighted by Crippen LogP contribution is -2.19. The van der Waals surface area contributed by atoms with E-state index in [1.54, 1.807) is 0 Å². The van der Waals surface area contributed by atoms with Crippen LogP contribution in [0.15, 0.2) is 28.7 Å². The highest BCUT2D eigenvalue weighted by atomic mass is 16.4. The zero-order chi connectivity index (χ0) is 14.7. The number of rotatable bonds is 6. The van der Waals surface area contributed by atoms with E-state index in [0.717, 1.165) is 19.4 Å². The van der Waals surface area contributed by atoms with Gasteiger partial charge in [-0.15, -0.1) is 5.10 Å². The quantitative estimate of drug-likeness (QED) is 0.853. The monoisotopic (exact) mass is 286 g/mol. The summed E-state index contributed by atoms with van der Waals surface area (Å²) in [5, 5.41) is 14.8. The number of benzene rings is 1. The number of aromatic nitrogens is 2. The minimum atomic E-state index is 0.347. The molecule has 0 spiro atoms. The molecule has 0 bridgehead atoms. The molecule has 3 rings (SSSR count). The van der Waals surface area contributed by atoms with E-state index >= 15 is 0 Å². The first kappa shape index (κ1) is 14.1. The van der Waals surface area contributed by atoms with Crippen molar-refractivity contribution in [3.8, 4) is 0 Å². The fourth-order valence-electron chi connectivity index (χ4n) is 2.69. The number of hydrogen-bond acceptors (Lipinski definition) is 5. The summed E-state index contributed by atoms with van der Waals surface area (Å²) >= 11 is 0. The molecule has 0 unspecified atom stereocenters. The van der Waals surface area contributed by atoms with Crippen molar-refractivity contribution in [3.05, 3.63) is 41.3 Å². The molecule has 0 aliphatic heterocycles. The normalized spacial score (nSPS) is 14.6. The molecule has 0 atom stereocenters. The molecule has 0 radical (unpaired) electrons. The van der Waals surface area contributed by atoms with Gasteiger partial charge in [0.2, 0.25) is 5.89 Å². The fraction of sp³-hybridized carbons (Fsp3) is 0.500. The van der Waals surface area contributed by atoms with E-state index in [4.69, 9.17) is 4.42 Å². The van der Waals surface area contributed by atoms with E-state index in [9.17, 15) is 0 Å². The van der Waals surface area contributed by atoms with E-state index in [1.807, 2.05) is 0 Å². The highest BCUT2D eigenvalue weighted by Gasteiger charge is 2.22. The van der Waals surface area contributed by atoms with Crippen LogP contribution in [0.25, 0.3) is 0 Å². The smallest absolute Gasteiger partial charge is 0.315 e. The van der Waals surface area contributed by atoms with Crippen molar-refractivity contribution in [2.24, 2.45) is 5.92 Å². The molecule has 0 fully saturated rings. The lowest BCUT2D eigenvalue weighted by Gasteiger charge is -2.08. The van der Waals surface area contributed by atoms with Crippen LogP contribution >= 0.6 is 0 Å². The Hall–Kier alpha value is -1.88. The predicted octanol–water partition coefficient (Wildman–Crippen LogP) is 2.39. The van der Waals surface area contributed by atoms with E-state index < -0.39 is 0 Å². The summed E-state index contributed by atoms with van der Waals surface area (Å²) in [6, 6.07) is 9.42. The maximum Gasteiger partial charge on any atom is 0.315 e. The number of nitrogens with zero attached hydrogens (tertiary/aromatic N) is 2. The van der Waals surface area contributed by atoms with Crippen LogP contribution in [0.2, 0.25) is 0 Å². The SMILES string of the molecule is CC(C)CNCc1nnc(NC2Cc3ccccc3C2)o1. The highest BCUT2D eigenvalue weighted by Crippen LogP contribution is 2.23. The van der Waals surface area contributed by atoms with Crippen molar-refractivity contribution in [2.45, 2.75) is 39.3 Å². The van der Waals surface area contributed by atoms with E-state index in [0.29, 0.717) is 30.4 Å². The molecule has 1 heterocycles. The van der Waals surface area contributed by atoms with Crippen molar-refractivity contribution in [1.29, 1.82) is 0 Å². The third-order valence-corrected chi connectivity index (χ3v) is 3.67. The van der Waals surface area contributed by atoms with Gasteiger partial charge in [-0.1, -0.05) is 43.2 Å². The number of fused-ring (bicyclic) bond motifs is 1. The van der Waals surface area contributed by atoms with Crippen LogP contribution in [0.1, 0.15) is 30.9 Å². The summed E-state index contributed by atoms with van der Waals surface area (Å²) < 4.78 is 5.63. The lowest BCUT2D eigenvalue weighted by atomic mass is 10.1. The largest absolute Gasteiger partial charge is 0.407 e. The maximum absolute atomic E-state index is 5.63. The summed E-state index contributed by atoms with van der Waals surface area (Å²) in [5.74, 6) is 1.25. The molecule has 2 aromatic rings. The minimum Gasteiger partial charge on any atom is -0.407 e. The fourth-order valence-corrected chi connectivity index (χ4v) is 2.69. The summed E-state index contributed by atoms with van der Waals surface area (Å²) in [6.45, 7) is 5.91. The van der Waals surface area contributed by atoms with Crippen LogP contribution in [0.3, 0.4) is 0 Å². The Balaban J connectivity index is 1.52. The van der Waals surface area contributed by atoms with Crippen molar-refractivity contribution in [1.82, 2.24) is 15.5 Å². The van der Waals surface area contributed by atoms with Gasteiger partial charge in [-0.25, -0.2) is 0 Å².